The van der Waals surface area contributed by atoms with E-state index in [1.54, 1.807) is 24.3 Å². The smallest absolute Gasteiger partial charge is 0.153 e. The average Bonchev–Trinajstić information content (AvgIpc) is 2.49. The lowest BCUT2D eigenvalue weighted by Crippen LogP contribution is -2.04. The van der Waals surface area contributed by atoms with Crippen molar-refractivity contribution in [1.29, 1.82) is 0 Å². The maximum atomic E-state index is 9.12. The third-order valence-electron chi connectivity index (χ3n) is 1.66. The van der Waals surface area contributed by atoms with E-state index in [1.807, 2.05) is 0 Å². The molecular formula is C8H5Cl2NOS2. The van der Waals surface area contributed by atoms with E-state index < -0.39 is 8.73 Å². The average molecular weight is 266 g/mol. The van der Waals surface area contributed by atoms with E-state index in [1.165, 1.54) is 11.0 Å². The quantitative estimate of drug-likeness (QED) is 0.479. The first-order valence-electron chi connectivity index (χ1n) is 3.67. The third kappa shape index (κ3) is 1.93. The van der Waals surface area contributed by atoms with Crippen molar-refractivity contribution in [2.45, 2.75) is 0 Å². The molecule has 2 rings (SSSR count). The van der Waals surface area contributed by atoms with Gasteiger partial charge in [-0.05, 0) is 37.1 Å². The topological polar surface area (TPSA) is 32.6 Å². The lowest BCUT2D eigenvalue weighted by molar-refractivity contribution is 0.475. The van der Waals surface area contributed by atoms with Gasteiger partial charge >= 0.3 is 0 Å². The molecule has 0 spiro atoms. The first kappa shape index (κ1) is 10.4. The van der Waals surface area contributed by atoms with Gasteiger partial charge in [-0.1, -0.05) is 23.7 Å². The lowest BCUT2D eigenvalue weighted by Gasteiger charge is -2.01. The zero-order valence-corrected chi connectivity index (χ0v) is 9.92. The summed E-state index contributed by atoms with van der Waals surface area (Å²) in [5.41, 5.74) is 0.903. The van der Waals surface area contributed by atoms with E-state index in [9.17, 15) is 0 Å². The summed E-state index contributed by atoms with van der Waals surface area (Å²) in [5.74, 6) is 0.225. The second-order valence-electron chi connectivity index (χ2n) is 2.56. The van der Waals surface area contributed by atoms with Crippen LogP contribution >= 0.6 is 42.0 Å². The van der Waals surface area contributed by atoms with Crippen molar-refractivity contribution >= 4 is 52.0 Å². The van der Waals surface area contributed by atoms with Crippen LogP contribution in [0.1, 0.15) is 5.56 Å². The number of benzene rings is 1. The Kier molecular flexibility index (Phi) is 3.07. The molecule has 0 bridgehead atoms. The highest BCUT2D eigenvalue weighted by atomic mass is 35.7. The van der Waals surface area contributed by atoms with Gasteiger partial charge in [-0.15, -0.1) is 0 Å². The van der Waals surface area contributed by atoms with Crippen LogP contribution in [0.15, 0.2) is 28.7 Å². The minimum atomic E-state index is -0.510. The maximum absolute atomic E-state index is 9.12. The van der Waals surface area contributed by atoms with Gasteiger partial charge in [0, 0.05) is 0 Å². The highest BCUT2D eigenvalue weighted by molar-refractivity contribution is 8.93. The Hall–Kier alpha value is -0.160. The van der Waals surface area contributed by atoms with Gasteiger partial charge in [-0.25, -0.2) is 0 Å². The van der Waals surface area contributed by atoms with Gasteiger partial charge in [0.25, 0.3) is 0 Å². The summed E-state index contributed by atoms with van der Waals surface area (Å²) < 4.78 is 3.98. The molecule has 0 saturated heterocycles. The van der Waals surface area contributed by atoms with Gasteiger partial charge in [0.05, 0.1) is 15.8 Å². The fourth-order valence-corrected chi connectivity index (χ4v) is 4.62. The summed E-state index contributed by atoms with van der Waals surface area (Å²) in [7, 11) is 6.79. The summed E-state index contributed by atoms with van der Waals surface area (Å²) in [4.78, 5) is 0.832. The van der Waals surface area contributed by atoms with Crippen LogP contribution in [0, 0.1) is 0 Å². The SMILES string of the molecule is Oc1ccc(C2=S(Cl)SN=C2Cl)cc1. The Morgan fingerprint density at radius 3 is 2.43 bits per heavy atom. The van der Waals surface area contributed by atoms with E-state index in [0.717, 1.165) is 10.4 Å². The second kappa shape index (κ2) is 4.14. The first-order valence-corrected chi connectivity index (χ1v) is 7.38. The molecule has 0 aliphatic carbocycles. The fraction of sp³-hybridized carbons (Fsp3) is 0. The molecular weight excluding hydrogens is 261 g/mol. The standard InChI is InChI=1S/C8H5Cl2NOS2/c9-8-7(14(10)13-11-8)5-1-3-6(12)4-2-5/h1-4,12H. The first-order chi connectivity index (χ1) is 6.68. The van der Waals surface area contributed by atoms with Crippen LogP contribution in [-0.2, 0) is 0 Å². The zero-order chi connectivity index (χ0) is 10.1. The van der Waals surface area contributed by atoms with Crippen LogP contribution in [0.4, 0.5) is 0 Å². The molecule has 0 saturated carbocycles. The predicted octanol–water partition coefficient (Wildman–Crippen LogP) is 3.55. The van der Waals surface area contributed by atoms with Gasteiger partial charge in [-0.3, -0.25) is 0 Å². The van der Waals surface area contributed by atoms with E-state index >= 15 is 0 Å². The Morgan fingerprint density at radius 2 is 1.93 bits per heavy atom. The Bertz CT molecular complexity index is 427. The molecule has 1 aromatic carbocycles. The molecule has 1 N–H and O–H groups in total. The number of hydrogen-bond acceptors (Lipinski definition) is 3. The van der Waals surface area contributed by atoms with Crippen LogP contribution in [0.5, 0.6) is 5.75 Å². The molecule has 0 fully saturated rings. The minimum absolute atomic E-state index is 0.225. The normalized spacial score (nSPS) is 21.1. The number of phenols is 1. The summed E-state index contributed by atoms with van der Waals surface area (Å²) in [6.07, 6.45) is 0. The summed E-state index contributed by atoms with van der Waals surface area (Å²) in [5, 5.41) is 9.57. The summed E-state index contributed by atoms with van der Waals surface area (Å²) >= 11 is 5.90. The van der Waals surface area contributed by atoms with Crippen LogP contribution in [0.3, 0.4) is 0 Å². The van der Waals surface area contributed by atoms with E-state index in [2.05, 4.69) is 4.40 Å². The predicted molar refractivity (Wildman–Crippen MR) is 66.5 cm³/mol. The molecule has 1 unspecified atom stereocenters. The molecule has 74 valence electrons. The Morgan fingerprint density at radius 1 is 1.29 bits per heavy atom. The van der Waals surface area contributed by atoms with Gasteiger partial charge in [0.2, 0.25) is 0 Å². The lowest BCUT2D eigenvalue weighted by atomic mass is 10.1. The molecule has 1 atom stereocenters. The maximum Gasteiger partial charge on any atom is 0.153 e. The number of rotatable bonds is 1. The highest BCUT2D eigenvalue weighted by Gasteiger charge is 2.18. The zero-order valence-electron chi connectivity index (χ0n) is 6.78. The molecule has 0 radical (unpaired) electrons. The molecule has 1 aliphatic rings. The van der Waals surface area contributed by atoms with Crippen molar-refractivity contribution in [2.75, 3.05) is 0 Å². The van der Waals surface area contributed by atoms with E-state index in [-0.39, 0.29) is 5.75 Å². The van der Waals surface area contributed by atoms with Gasteiger partial charge in [-0.2, -0.15) is 4.40 Å². The number of nitrogens with zero attached hydrogens (tertiary/aromatic N) is 1. The molecule has 0 amide bonds. The molecule has 0 aromatic heterocycles. The highest BCUT2D eigenvalue weighted by Crippen LogP contribution is 2.45. The van der Waals surface area contributed by atoms with Gasteiger partial charge in [0.1, 0.15) is 5.75 Å². The van der Waals surface area contributed by atoms with Gasteiger partial charge in [0.15, 0.2) is 5.17 Å². The molecule has 14 heavy (non-hydrogen) atoms. The van der Waals surface area contributed by atoms with Crippen molar-refractivity contribution in [2.24, 2.45) is 4.40 Å². The largest absolute Gasteiger partial charge is 0.508 e. The van der Waals surface area contributed by atoms with Crippen molar-refractivity contribution in [1.82, 2.24) is 0 Å². The summed E-state index contributed by atoms with van der Waals surface area (Å²) in [6, 6.07) is 6.75. The third-order valence-corrected chi connectivity index (χ3v) is 5.37. The van der Waals surface area contributed by atoms with Crippen LogP contribution in [-0.4, -0.2) is 15.1 Å². The Labute approximate surface area is 96.9 Å². The van der Waals surface area contributed by atoms with E-state index in [4.69, 9.17) is 27.4 Å². The monoisotopic (exact) mass is 265 g/mol. The van der Waals surface area contributed by atoms with Crippen molar-refractivity contribution in [3.8, 4) is 5.75 Å². The second-order valence-corrected chi connectivity index (χ2v) is 7.02. The minimum Gasteiger partial charge on any atom is -0.508 e. The van der Waals surface area contributed by atoms with Gasteiger partial charge < -0.3 is 5.11 Å². The molecule has 6 heteroatoms. The molecule has 2 nitrogen and oxygen atoms in total. The van der Waals surface area contributed by atoms with Crippen LogP contribution in [0.2, 0.25) is 0 Å². The Balaban J connectivity index is 2.45. The van der Waals surface area contributed by atoms with Crippen LogP contribution in [0.25, 0.3) is 0 Å². The van der Waals surface area contributed by atoms with Crippen molar-refractivity contribution in [3.05, 3.63) is 29.8 Å². The number of phenolic OH excluding ortho intramolecular Hbond substituents is 1. The van der Waals surface area contributed by atoms with E-state index in [0.29, 0.717) is 5.17 Å². The number of aromatic hydroxyl groups is 1. The number of halogens is 2. The molecule has 1 heterocycles. The number of hydrogen-bond donors (Lipinski definition) is 1. The molecule has 1 aromatic rings. The molecule has 1 aliphatic heterocycles. The fourth-order valence-electron chi connectivity index (χ4n) is 1.03. The van der Waals surface area contributed by atoms with Crippen molar-refractivity contribution in [3.63, 3.8) is 0 Å². The van der Waals surface area contributed by atoms with Crippen LogP contribution < -0.4 is 0 Å². The summed E-state index contributed by atoms with van der Waals surface area (Å²) in [6.45, 7) is 0. The van der Waals surface area contributed by atoms with Crippen molar-refractivity contribution < 1.29 is 5.11 Å².